The number of rotatable bonds is 7. The molecule has 1 heterocycles. The topological polar surface area (TPSA) is 44.8 Å². The smallest absolute Gasteiger partial charge is 0.317 e. The van der Waals surface area contributed by atoms with Crippen molar-refractivity contribution in [3.8, 4) is 0 Å². The van der Waals surface area contributed by atoms with E-state index in [1.807, 2.05) is 0 Å². The van der Waals surface area contributed by atoms with Crippen LogP contribution in [0.5, 0.6) is 0 Å². The van der Waals surface area contributed by atoms with Crippen molar-refractivity contribution in [2.24, 2.45) is 5.92 Å². The van der Waals surface area contributed by atoms with Crippen LogP contribution in [0.2, 0.25) is 0 Å². The van der Waals surface area contributed by atoms with Crippen LogP contribution in [-0.4, -0.2) is 62.8 Å². The molecule has 1 unspecified atom stereocenters. The first-order valence-corrected chi connectivity index (χ1v) is 9.08. The van der Waals surface area contributed by atoms with Gasteiger partial charge in [-0.15, -0.1) is 0 Å². The van der Waals surface area contributed by atoms with Crippen molar-refractivity contribution in [3.63, 3.8) is 0 Å². The molecule has 1 aliphatic rings. The van der Waals surface area contributed by atoms with E-state index in [9.17, 15) is 13.6 Å². The Morgan fingerprint density at radius 3 is 2.69 bits per heavy atom. The lowest BCUT2D eigenvalue weighted by Crippen LogP contribution is -2.44. The average Bonchev–Trinajstić information content (AvgIpc) is 2.60. The fourth-order valence-corrected chi connectivity index (χ4v) is 3.31. The number of nitrogens with one attached hydrogen (secondary N) is 1. The van der Waals surface area contributed by atoms with Gasteiger partial charge in [0.2, 0.25) is 0 Å². The maximum Gasteiger partial charge on any atom is 0.317 e. The van der Waals surface area contributed by atoms with Crippen molar-refractivity contribution >= 4 is 6.03 Å². The minimum atomic E-state index is -0.649. The molecule has 26 heavy (non-hydrogen) atoms. The van der Waals surface area contributed by atoms with Crippen LogP contribution in [-0.2, 0) is 4.74 Å². The van der Waals surface area contributed by atoms with Gasteiger partial charge in [-0.3, -0.25) is 0 Å². The van der Waals surface area contributed by atoms with Crippen LogP contribution in [0.1, 0.15) is 31.4 Å². The summed E-state index contributed by atoms with van der Waals surface area (Å²) in [6, 6.07) is 2.62. The Kier molecular flexibility index (Phi) is 7.78. The zero-order chi connectivity index (χ0) is 19.1. The molecular formula is C19H29F2N3O2. The summed E-state index contributed by atoms with van der Waals surface area (Å²) in [4.78, 5) is 16.4. The molecule has 0 radical (unpaired) electrons. The number of piperidine rings is 1. The van der Waals surface area contributed by atoms with Crippen molar-refractivity contribution in [1.82, 2.24) is 15.1 Å². The Labute approximate surface area is 154 Å². The van der Waals surface area contributed by atoms with E-state index in [1.165, 1.54) is 12.1 Å². The van der Waals surface area contributed by atoms with Crippen molar-refractivity contribution < 1.29 is 18.3 Å². The lowest BCUT2D eigenvalue weighted by atomic mass is 9.96. The summed E-state index contributed by atoms with van der Waals surface area (Å²) in [5.41, 5.74) is 0.277. The van der Waals surface area contributed by atoms with Crippen LogP contribution in [0, 0.1) is 17.6 Å². The Morgan fingerprint density at radius 2 is 2.08 bits per heavy atom. The van der Waals surface area contributed by atoms with Gasteiger partial charge in [-0.25, -0.2) is 13.6 Å². The Bertz CT molecular complexity index is 592. The van der Waals surface area contributed by atoms with Crippen molar-refractivity contribution in [2.45, 2.75) is 25.8 Å². The van der Waals surface area contributed by atoms with Gasteiger partial charge in [0.05, 0.1) is 12.6 Å². The van der Waals surface area contributed by atoms with Gasteiger partial charge in [-0.1, -0.05) is 6.07 Å². The van der Waals surface area contributed by atoms with E-state index in [2.05, 4.69) is 10.2 Å². The lowest BCUT2D eigenvalue weighted by molar-refractivity contribution is 0.112. The molecule has 5 nitrogen and oxygen atoms in total. The molecule has 1 atom stereocenters. The van der Waals surface area contributed by atoms with Gasteiger partial charge in [0.1, 0.15) is 11.6 Å². The second kappa shape index (κ2) is 9.83. The SMILES string of the molecule is COCCN1CCC(CN(C)C(=O)NC(C)c2ccc(F)cc2F)CC1. The molecule has 0 aliphatic carbocycles. The Morgan fingerprint density at radius 1 is 1.38 bits per heavy atom. The molecule has 0 aromatic heterocycles. The highest BCUT2D eigenvalue weighted by molar-refractivity contribution is 5.74. The van der Waals surface area contributed by atoms with Crippen LogP contribution in [0.25, 0.3) is 0 Å². The molecular weight excluding hydrogens is 340 g/mol. The van der Waals surface area contributed by atoms with Crippen molar-refractivity contribution in [2.75, 3.05) is 46.9 Å². The van der Waals surface area contributed by atoms with E-state index >= 15 is 0 Å². The number of urea groups is 1. The molecule has 0 spiro atoms. The van der Waals surface area contributed by atoms with Crippen LogP contribution in [0.3, 0.4) is 0 Å². The molecule has 146 valence electrons. The number of hydrogen-bond donors (Lipinski definition) is 1. The van der Waals surface area contributed by atoms with E-state index < -0.39 is 17.7 Å². The van der Waals surface area contributed by atoms with E-state index in [1.54, 1.807) is 26.0 Å². The predicted molar refractivity (Wildman–Crippen MR) is 97.0 cm³/mol. The number of hydrogen-bond acceptors (Lipinski definition) is 3. The summed E-state index contributed by atoms with van der Waals surface area (Å²) in [5, 5.41) is 2.78. The summed E-state index contributed by atoms with van der Waals surface area (Å²) in [7, 11) is 3.46. The zero-order valence-corrected chi connectivity index (χ0v) is 15.8. The lowest BCUT2D eigenvalue weighted by Gasteiger charge is -2.34. The summed E-state index contributed by atoms with van der Waals surface area (Å²) in [5.74, 6) is -0.815. The molecule has 7 heteroatoms. The molecule has 0 bridgehead atoms. The summed E-state index contributed by atoms with van der Waals surface area (Å²) < 4.78 is 31.9. The number of ether oxygens (including phenoxy) is 1. The zero-order valence-electron chi connectivity index (χ0n) is 15.8. The summed E-state index contributed by atoms with van der Waals surface area (Å²) >= 11 is 0. The quantitative estimate of drug-likeness (QED) is 0.804. The maximum absolute atomic E-state index is 13.8. The molecule has 1 N–H and O–H groups in total. The molecule has 0 saturated carbocycles. The molecule has 1 saturated heterocycles. The summed E-state index contributed by atoms with van der Waals surface area (Å²) in [6.45, 7) is 6.07. The third-order valence-corrected chi connectivity index (χ3v) is 4.97. The second-order valence-corrected chi connectivity index (χ2v) is 7.00. The van der Waals surface area contributed by atoms with E-state index in [4.69, 9.17) is 4.74 Å². The van der Waals surface area contributed by atoms with Crippen LogP contribution >= 0.6 is 0 Å². The van der Waals surface area contributed by atoms with Crippen molar-refractivity contribution in [1.29, 1.82) is 0 Å². The average molecular weight is 369 g/mol. The van der Waals surface area contributed by atoms with Crippen LogP contribution in [0.15, 0.2) is 18.2 Å². The van der Waals surface area contributed by atoms with E-state index in [0.29, 0.717) is 12.5 Å². The van der Waals surface area contributed by atoms with Gasteiger partial charge >= 0.3 is 6.03 Å². The third kappa shape index (κ3) is 5.92. The van der Waals surface area contributed by atoms with Gasteiger partial charge in [-0.2, -0.15) is 0 Å². The fraction of sp³-hybridized carbons (Fsp3) is 0.632. The van der Waals surface area contributed by atoms with Gasteiger partial charge in [0, 0.05) is 38.9 Å². The van der Waals surface area contributed by atoms with Crippen LogP contribution in [0.4, 0.5) is 13.6 Å². The molecule has 1 aliphatic heterocycles. The first kappa shape index (κ1) is 20.6. The van der Waals surface area contributed by atoms with Crippen molar-refractivity contribution in [3.05, 3.63) is 35.4 Å². The monoisotopic (exact) mass is 369 g/mol. The number of carbonyl (C=O) groups is 1. The fourth-order valence-electron chi connectivity index (χ4n) is 3.31. The number of halogens is 2. The molecule has 1 fully saturated rings. The van der Waals surface area contributed by atoms with Gasteiger partial charge in [0.25, 0.3) is 0 Å². The number of amides is 2. The minimum absolute atomic E-state index is 0.247. The highest BCUT2D eigenvalue weighted by Crippen LogP contribution is 2.20. The summed E-state index contributed by atoms with van der Waals surface area (Å²) in [6.07, 6.45) is 2.09. The van der Waals surface area contributed by atoms with E-state index in [0.717, 1.165) is 45.1 Å². The standard InChI is InChI=1S/C19H29F2N3O2/c1-14(17-5-4-16(20)12-18(17)21)22-19(25)23(2)13-15-6-8-24(9-7-15)10-11-26-3/h4-5,12,14-15H,6-11,13H2,1-3H3,(H,22,25). The first-order chi connectivity index (χ1) is 12.4. The third-order valence-electron chi connectivity index (χ3n) is 4.97. The molecule has 2 amide bonds. The molecule has 1 aromatic carbocycles. The first-order valence-electron chi connectivity index (χ1n) is 9.08. The number of methoxy groups -OCH3 is 1. The normalized spacial score (nSPS) is 17.1. The number of benzene rings is 1. The Hall–Kier alpha value is -1.73. The minimum Gasteiger partial charge on any atom is -0.383 e. The highest BCUT2D eigenvalue weighted by atomic mass is 19.1. The molecule has 2 rings (SSSR count). The number of likely N-dealkylation sites (tertiary alicyclic amines) is 1. The van der Waals surface area contributed by atoms with Gasteiger partial charge < -0.3 is 19.9 Å². The van der Waals surface area contributed by atoms with Crippen LogP contribution < -0.4 is 5.32 Å². The largest absolute Gasteiger partial charge is 0.383 e. The van der Waals surface area contributed by atoms with Gasteiger partial charge in [0.15, 0.2) is 0 Å². The van der Waals surface area contributed by atoms with E-state index in [-0.39, 0.29) is 11.6 Å². The van der Waals surface area contributed by atoms with Gasteiger partial charge in [-0.05, 0) is 44.8 Å². The maximum atomic E-state index is 13.8. The Balaban J connectivity index is 1.79. The highest BCUT2D eigenvalue weighted by Gasteiger charge is 2.23. The number of carbonyl (C=O) groups excluding carboxylic acids is 1. The second-order valence-electron chi connectivity index (χ2n) is 7.00. The predicted octanol–water partition coefficient (Wildman–Crippen LogP) is 3.03. The molecule has 1 aromatic rings. The number of nitrogens with zero attached hydrogens (tertiary/aromatic N) is 2.